The van der Waals surface area contributed by atoms with Gasteiger partial charge in [0.2, 0.25) is 0 Å². The average Bonchev–Trinajstić information content (AvgIpc) is 2.81. The number of ether oxygens (including phenoxy) is 1. The molecule has 2 atom stereocenters. The van der Waals surface area contributed by atoms with Crippen molar-refractivity contribution in [3.8, 4) is 0 Å². The number of hydrogen-bond acceptors (Lipinski definition) is 3. The lowest BCUT2D eigenvalue weighted by Crippen LogP contribution is -2.69. The topological polar surface area (TPSA) is 24.5 Å². The molecule has 3 rings (SSSR count). The van der Waals surface area contributed by atoms with Crippen molar-refractivity contribution in [2.24, 2.45) is 0 Å². The first-order valence-electron chi connectivity index (χ1n) is 8.65. The van der Waals surface area contributed by atoms with Gasteiger partial charge >= 0.3 is 0 Å². The molecule has 2 aliphatic heterocycles. The van der Waals surface area contributed by atoms with Crippen molar-refractivity contribution in [2.75, 3.05) is 19.6 Å². The highest BCUT2D eigenvalue weighted by Gasteiger charge is 2.45. The summed E-state index contributed by atoms with van der Waals surface area (Å²) in [6.45, 7) is 10.4. The molecule has 1 N–H and O–H groups in total. The molecule has 1 saturated carbocycles. The third-order valence-electron chi connectivity index (χ3n) is 5.68. The third-order valence-corrected chi connectivity index (χ3v) is 5.68. The Morgan fingerprint density at radius 2 is 1.90 bits per heavy atom. The van der Waals surface area contributed by atoms with Gasteiger partial charge in [0.25, 0.3) is 0 Å². The van der Waals surface area contributed by atoms with Gasteiger partial charge in [-0.05, 0) is 46.5 Å². The summed E-state index contributed by atoms with van der Waals surface area (Å²) in [4.78, 5) is 2.80. The maximum atomic E-state index is 6.10. The zero-order valence-corrected chi connectivity index (χ0v) is 13.6. The quantitative estimate of drug-likeness (QED) is 0.841. The van der Waals surface area contributed by atoms with Gasteiger partial charge in [-0.25, -0.2) is 0 Å². The van der Waals surface area contributed by atoms with Crippen LogP contribution in [0.2, 0.25) is 0 Å². The van der Waals surface area contributed by atoms with Gasteiger partial charge in [-0.2, -0.15) is 0 Å². The minimum absolute atomic E-state index is 0.243. The fraction of sp³-hybridized carbons (Fsp3) is 1.00. The molecule has 1 spiro atoms. The lowest BCUT2D eigenvalue weighted by molar-refractivity contribution is -0.0494. The Morgan fingerprint density at radius 1 is 1.15 bits per heavy atom. The van der Waals surface area contributed by atoms with Gasteiger partial charge in [0, 0.05) is 30.7 Å². The normalized spacial score (nSPS) is 37.4. The summed E-state index contributed by atoms with van der Waals surface area (Å²) in [5.41, 5.74) is 0.663. The van der Waals surface area contributed by atoms with Crippen molar-refractivity contribution in [3.05, 3.63) is 0 Å². The van der Waals surface area contributed by atoms with Crippen LogP contribution in [0, 0.1) is 0 Å². The summed E-state index contributed by atoms with van der Waals surface area (Å²) < 4.78 is 6.10. The summed E-state index contributed by atoms with van der Waals surface area (Å²) in [6.07, 6.45) is 10.4. The summed E-state index contributed by atoms with van der Waals surface area (Å²) in [5.74, 6) is 0. The Kier molecular flexibility index (Phi) is 4.13. The maximum absolute atomic E-state index is 6.10. The standard InChI is InChI=1S/C17H32N2O/c1-14-7-8-15(20-14)11-19-13-16(2,3)18-12-17(19)9-5-4-6-10-17/h14-15,18H,4-13H2,1-3H3. The first-order valence-corrected chi connectivity index (χ1v) is 8.65. The van der Waals surface area contributed by atoms with E-state index in [2.05, 4.69) is 31.0 Å². The monoisotopic (exact) mass is 280 g/mol. The molecule has 3 nitrogen and oxygen atoms in total. The van der Waals surface area contributed by atoms with Gasteiger partial charge in [0.15, 0.2) is 0 Å². The van der Waals surface area contributed by atoms with E-state index in [0.29, 0.717) is 17.7 Å². The molecular weight excluding hydrogens is 248 g/mol. The van der Waals surface area contributed by atoms with E-state index in [1.807, 2.05) is 0 Å². The molecule has 2 unspecified atom stereocenters. The zero-order chi connectivity index (χ0) is 14.2. The van der Waals surface area contributed by atoms with Gasteiger partial charge in [-0.15, -0.1) is 0 Å². The van der Waals surface area contributed by atoms with Crippen LogP contribution in [0.4, 0.5) is 0 Å². The van der Waals surface area contributed by atoms with E-state index >= 15 is 0 Å². The van der Waals surface area contributed by atoms with Crippen LogP contribution in [0.1, 0.15) is 65.7 Å². The summed E-state index contributed by atoms with van der Waals surface area (Å²) in [6, 6.07) is 0. The molecule has 0 bridgehead atoms. The molecule has 3 heteroatoms. The largest absolute Gasteiger partial charge is 0.374 e. The van der Waals surface area contributed by atoms with Crippen molar-refractivity contribution >= 4 is 0 Å². The number of nitrogens with one attached hydrogen (secondary N) is 1. The lowest BCUT2D eigenvalue weighted by Gasteiger charge is -2.55. The first-order chi connectivity index (χ1) is 9.49. The van der Waals surface area contributed by atoms with Crippen LogP contribution in [-0.4, -0.2) is 47.8 Å². The Morgan fingerprint density at radius 3 is 2.55 bits per heavy atom. The highest BCUT2D eigenvalue weighted by Crippen LogP contribution is 2.38. The minimum Gasteiger partial charge on any atom is -0.374 e. The van der Waals surface area contributed by atoms with Crippen LogP contribution >= 0.6 is 0 Å². The Balaban J connectivity index is 1.71. The van der Waals surface area contributed by atoms with E-state index in [4.69, 9.17) is 4.74 Å². The van der Waals surface area contributed by atoms with Gasteiger partial charge in [0.05, 0.1) is 12.2 Å². The molecule has 0 radical (unpaired) electrons. The average molecular weight is 280 g/mol. The van der Waals surface area contributed by atoms with E-state index in [-0.39, 0.29) is 5.54 Å². The van der Waals surface area contributed by atoms with Gasteiger partial charge in [-0.3, -0.25) is 4.90 Å². The van der Waals surface area contributed by atoms with E-state index < -0.39 is 0 Å². The Bertz CT molecular complexity index is 336. The molecule has 2 heterocycles. The van der Waals surface area contributed by atoms with Crippen molar-refractivity contribution in [3.63, 3.8) is 0 Å². The zero-order valence-electron chi connectivity index (χ0n) is 13.6. The van der Waals surface area contributed by atoms with Crippen molar-refractivity contribution < 1.29 is 4.74 Å². The Hall–Kier alpha value is -0.120. The summed E-state index contributed by atoms with van der Waals surface area (Å²) in [7, 11) is 0. The second-order valence-corrected chi connectivity index (χ2v) is 8.05. The summed E-state index contributed by atoms with van der Waals surface area (Å²) in [5, 5.41) is 3.80. The Labute approximate surface area is 124 Å². The molecular formula is C17H32N2O. The fourth-order valence-electron chi connectivity index (χ4n) is 4.44. The number of piperazine rings is 1. The van der Waals surface area contributed by atoms with E-state index in [1.54, 1.807) is 0 Å². The second kappa shape index (κ2) is 5.58. The second-order valence-electron chi connectivity index (χ2n) is 8.05. The van der Waals surface area contributed by atoms with Crippen molar-refractivity contribution in [1.29, 1.82) is 0 Å². The summed E-state index contributed by atoms with van der Waals surface area (Å²) >= 11 is 0. The maximum Gasteiger partial charge on any atom is 0.0706 e. The highest BCUT2D eigenvalue weighted by atomic mass is 16.5. The molecule has 0 aromatic rings. The molecule has 20 heavy (non-hydrogen) atoms. The highest BCUT2D eigenvalue weighted by molar-refractivity contribution is 5.04. The van der Waals surface area contributed by atoms with E-state index in [9.17, 15) is 0 Å². The third kappa shape index (κ3) is 3.05. The van der Waals surface area contributed by atoms with Crippen LogP contribution < -0.4 is 5.32 Å². The fourth-order valence-corrected chi connectivity index (χ4v) is 4.44. The van der Waals surface area contributed by atoms with Crippen LogP contribution in [0.5, 0.6) is 0 Å². The number of rotatable bonds is 2. The predicted octanol–water partition coefficient (Wildman–Crippen LogP) is 2.94. The first kappa shape index (κ1) is 14.8. The smallest absolute Gasteiger partial charge is 0.0706 e. The molecule has 3 fully saturated rings. The minimum atomic E-state index is 0.243. The van der Waals surface area contributed by atoms with Crippen LogP contribution in [0.15, 0.2) is 0 Å². The van der Waals surface area contributed by atoms with Crippen LogP contribution in [0.3, 0.4) is 0 Å². The molecule has 3 aliphatic rings. The number of hydrogen-bond donors (Lipinski definition) is 1. The number of nitrogens with zero attached hydrogens (tertiary/aromatic N) is 1. The van der Waals surface area contributed by atoms with Crippen molar-refractivity contribution in [1.82, 2.24) is 10.2 Å². The molecule has 116 valence electrons. The molecule has 0 amide bonds. The molecule has 0 aromatic heterocycles. The van der Waals surface area contributed by atoms with Crippen molar-refractivity contribution in [2.45, 2.75) is 89.0 Å². The SMILES string of the molecule is CC1CCC(CN2CC(C)(C)NCC23CCCCC3)O1. The lowest BCUT2D eigenvalue weighted by atomic mass is 9.76. The molecule has 0 aromatic carbocycles. The van der Waals surface area contributed by atoms with Crippen LogP contribution in [-0.2, 0) is 4.74 Å². The van der Waals surface area contributed by atoms with E-state index in [0.717, 1.165) is 6.54 Å². The van der Waals surface area contributed by atoms with Gasteiger partial charge in [0.1, 0.15) is 0 Å². The van der Waals surface area contributed by atoms with Gasteiger partial charge < -0.3 is 10.1 Å². The molecule has 1 aliphatic carbocycles. The van der Waals surface area contributed by atoms with Crippen LogP contribution in [0.25, 0.3) is 0 Å². The van der Waals surface area contributed by atoms with Gasteiger partial charge in [-0.1, -0.05) is 19.3 Å². The molecule has 2 saturated heterocycles. The van der Waals surface area contributed by atoms with E-state index in [1.165, 1.54) is 58.0 Å². The predicted molar refractivity (Wildman–Crippen MR) is 83.0 cm³/mol.